The molecule has 254 valence electrons. The van der Waals surface area contributed by atoms with Crippen molar-refractivity contribution in [1.82, 2.24) is 29.5 Å². The molecule has 0 aliphatic carbocycles. The number of carbonyl (C=O) groups is 4. The summed E-state index contributed by atoms with van der Waals surface area (Å²) in [5.74, 6) is -5.64. The first-order chi connectivity index (χ1) is 21.9. The monoisotopic (exact) mass is 672 g/mol. The number of alkyl halides is 6. The molecule has 2 amide bonds. The third-order valence-electron chi connectivity index (χ3n) is 7.53. The highest BCUT2D eigenvalue weighted by Crippen LogP contribution is 2.49. The average molecular weight is 673 g/mol. The number of hydrogen-bond donors (Lipinski definition) is 2. The van der Waals surface area contributed by atoms with Gasteiger partial charge in [0.25, 0.3) is 5.91 Å². The maximum atomic E-state index is 14.1. The Morgan fingerprint density at radius 2 is 1.55 bits per heavy atom. The van der Waals surface area contributed by atoms with E-state index in [0.29, 0.717) is 31.9 Å². The first kappa shape index (κ1) is 36.4. The number of aromatic nitrogens is 4. The van der Waals surface area contributed by atoms with E-state index >= 15 is 0 Å². The molecular formula is C29H30F6N6O6. The summed E-state index contributed by atoms with van der Waals surface area (Å²) in [6.45, 7) is 4.01. The second-order valence-electron chi connectivity index (χ2n) is 10.7. The van der Waals surface area contributed by atoms with Crippen LogP contribution in [-0.4, -0.2) is 95.5 Å². The molecule has 5 rings (SSSR count). The highest BCUT2D eigenvalue weighted by atomic mass is 19.4. The van der Waals surface area contributed by atoms with E-state index in [1.807, 2.05) is 58.8 Å². The average Bonchev–Trinajstić information content (AvgIpc) is 3.59. The normalized spacial score (nSPS) is 19.4. The molecule has 2 fully saturated rings. The number of pyridine rings is 2. The molecular weight excluding hydrogens is 642 g/mol. The van der Waals surface area contributed by atoms with E-state index in [1.54, 1.807) is 24.7 Å². The molecule has 0 bridgehead atoms. The van der Waals surface area contributed by atoms with Crippen LogP contribution in [-0.2, 0) is 28.0 Å². The van der Waals surface area contributed by atoms with E-state index in [1.165, 1.54) is 0 Å². The van der Waals surface area contributed by atoms with Crippen LogP contribution in [0.15, 0.2) is 55.0 Å². The zero-order valence-corrected chi connectivity index (χ0v) is 25.0. The first-order valence-electron chi connectivity index (χ1n) is 13.9. The quantitative estimate of drug-likeness (QED) is 0.393. The molecule has 2 saturated heterocycles. The van der Waals surface area contributed by atoms with Crippen molar-refractivity contribution in [2.45, 2.75) is 44.6 Å². The molecule has 0 saturated carbocycles. The predicted molar refractivity (Wildman–Crippen MR) is 150 cm³/mol. The molecule has 0 aromatic carbocycles. The highest BCUT2D eigenvalue weighted by molar-refractivity contribution is 5.94. The van der Waals surface area contributed by atoms with Crippen molar-refractivity contribution in [2.75, 3.05) is 19.6 Å². The Kier molecular flexibility index (Phi) is 11.3. The van der Waals surface area contributed by atoms with E-state index in [4.69, 9.17) is 19.8 Å². The number of hydrogen-bond acceptors (Lipinski definition) is 7. The van der Waals surface area contributed by atoms with E-state index in [0.717, 1.165) is 29.8 Å². The Labute approximate surface area is 263 Å². The van der Waals surface area contributed by atoms with Crippen LogP contribution in [0.5, 0.6) is 0 Å². The van der Waals surface area contributed by atoms with Crippen LogP contribution in [0.3, 0.4) is 0 Å². The number of halogens is 6. The van der Waals surface area contributed by atoms with Crippen molar-refractivity contribution < 1.29 is 55.7 Å². The van der Waals surface area contributed by atoms with Gasteiger partial charge in [0.15, 0.2) is 0 Å². The number of piperidine rings is 1. The van der Waals surface area contributed by atoms with E-state index in [-0.39, 0.29) is 17.7 Å². The van der Waals surface area contributed by atoms with Crippen molar-refractivity contribution >= 4 is 23.8 Å². The summed E-state index contributed by atoms with van der Waals surface area (Å²) < 4.78 is 65.3. The third-order valence-corrected chi connectivity index (χ3v) is 7.53. The number of nitrogens with zero attached hydrogens (tertiary/aromatic N) is 6. The van der Waals surface area contributed by atoms with Gasteiger partial charge in [-0.3, -0.25) is 19.3 Å². The van der Waals surface area contributed by atoms with E-state index in [2.05, 4.69) is 15.1 Å². The summed E-state index contributed by atoms with van der Waals surface area (Å²) in [4.78, 5) is 57.5. The van der Waals surface area contributed by atoms with Gasteiger partial charge >= 0.3 is 24.3 Å². The molecule has 0 unspecified atom stereocenters. The lowest BCUT2D eigenvalue weighted by molar-refractivity contribution is -0.193. The second-order valence-corrected chi connectivity index (χ2v) is 10.7. The standard InChI is InChI=1S/C25H28N6O2.2C2HF3O2/c1-18-5-3-6-21(28-18)23(32)31-16-20(22-9-13-27-29(22)2)25(17-31)10-4-14-30(24(25)33)15-19-7-11-26-12-8-19;2*3-2(4,5)1(6)7/h3,5-9,11-13,20H,4,10,14-17H2,1-2H3;2*(H,6,7)/t20-,25+;;/m0../s1. The topological polar surface area (TPSA) is 159 Å². The van der Waals surface area contributed by atoms with Gasteiger partial charge in [-0.1, -0.05) is 6.07 Å². The second kappa shape index (κ2) is 14.6. The summed E-state index contributed by atoms with van der Waals surface area (Å²) in [5, 5.41) is 18.6. The van der Waals surface area contributed by atoms with Crippen LogP contribution in [0.2, 0.25) is 0 Å². The number of rotatable bonds is 4. The fourth-order valence-electron chi connectivity index (χ4n) is 5.43. The van der Waals surface area contributed by atoms with Crippen LogP contribution in [0, 0.1) is 12.3 Å². The van der Waals surface area contributed by atoms with Crippen LogP contribution in [0.25, 0.3) is 0 Å². The van der Waals surface area contributed by atoms with Gasteiger partial charge in [0, 0.05) is 69.1 Å². The van der Waals surface area contributed by atoms with Gasteiger partial charge in [-0.25, -0.2) is 14.6 Å². The Morgan fingerprint density at radius 1 is 0.957 bits per heavy atom. The lowest BCUT2D eigenvalue weighted by Gasteiger charge is -2.42. The van der Waals surface area contributed by atoms with Crippen molar-refractivity contribution in [3.8, 4) is 0 Å². The van der Waals surface area contributed by atoms with Gasteiger partial charge in [0.2, 0.25) is 5.91 Å². The number of likely N-dealkylation sites (tertiary alicyclic amines) is 2. The minimum Gasteiger partial charge on any atom is -0.475 e. The van der Waals surface area contributed by atoms with Crippen molar-refractivity contribution in [3.63, 3.8) is 0 Å². The summed E-state index contributed by atoms with van der Waals surface area (Å²) in [7, 11) is 1.90. The number of carboxylic acid groups (broad SMARTS) is 2. The number of aryl methyl sites for hydroxylation is 2. The predicted octanol–water partition coefficient (Wildman–Crippen LogP) is 3.83. The van der Waals surface area contributed by atoms with Gasteiger partial charge in [-0.15, -0.1) is 0 Å². The van der Waals surface area contributed by atoms with Crippen LogP contribution < -0.4 is 0 Å². The fraction of sp³-hybridized carbons (Fsp3) is 0.414. The van der Waals surface area contributed by atoms with Crippen LogP contribution >= 0.6 is 0 Å². The number of carboxylic acids is 2. The SMILES string of the molecule is Cc1cccc(C(=O)N2C[C@@H](c3ccnn3C)[C@@]3(CCCN(Cc4ccncc4)C3=O)C2)n1.O=C(O)C(F)(F)F.O=C(O)C(F)(F)F. The molecule has 2 aliphatic rings. The molecule has 47 heavy (non-hydrogen) atoms. The third kappa shape index (κ3) is 9.04. The number of carbonyl (C=O) groups excluding carboxylic acids is 2. The fourth-order valence-corrected chi connectivity index (χ4v) is 5.43. The molecule has 2 N–H and O–H groups in total. The van der Waals surface area contributed by atoms with Gasteiger partial charge in [-0.2, -0.15) is 31.4 Å². The smallest absolute Gasteiger partial charge is 0.475 e. The molecule has 2 aliphatic heterocycles. The lowest BCUT2D eigenvalue weighted by Crippen LogP contribution is -2.52. The van der Waals surface area contributed by atoms with E-state index in [9.17, 15) is 35.9 Å². The van der Waals surface area contributed by atoms with Crippen LogP contribution in [0.1, 0.15) is 46.2 Å². The van der Waals surface area contributed by atoms with Crippen LogP contribution in [0.4, 0.5) is 26.3 Å². The zero-order chi connectivity index (χ0) is 35.2. The van der Waals surface area contributed by atoms with Crippen molar-refractivity contribution in [2.24, 2.45) is 12.5 Å². The number of aliphatic carboxylic acids is 2. The first-order valence-corrected chi connectivity index (χ1v) is 13.9. The van der Waals surface area contributed by atoms with Gasteiger partial charge < -0.3 is 20.0 Å². The minimum atomic E-state index is -5.08. The Hall–Kier alpha value is -5.03. The summed E-state index contributed by atoms with van der Waals surface area (Å²) >= 11 is 0. The maximum Gasteiger partial charge on any atom is 0.490 e. The lowest BCUT2D eigenvalue weighted by atomic mass is 9.70. The molecule has 5 heterocycles. The number of amides is 2. The van der Waals surface area contributed by atoms with E-state index < -0.39 is 29.7 Å². The minimum absolute atomic E-state index is 0.115. The molecule has 3 aromatic heterocycles. The Morgan fingerprint density at radius 3 is 2.06 bits per heavy atom. The van der Waals surface area contributed by atoms with Gasteiger partial charge in [0.05, 0.1) is 5.41 Å². The Bertz CT molecular complexity index is 1560. The zero-order valence-electron chi connectivity index (χ0n) is 25.0. The largest absolute Gasteiger partial charge is 0.490 e. The molecule has 12 nitrogen and oxygen atoms in total. The molecule has 18 heteroatoms. The molecule has 1 spiro atoms. The molecule has 2 atom stereocenters. The van der Waals surface area contributed by atoms with Crippen molar-refractivity contribution in [1.29, 1.82) is 0 Å². The summed E-state index contributed by atoms with van der Waals surface area (Å²) in [6, 6.07) is 11.3. The Balaban J connectivity index is 0.000000360. The van der Waals surface area contributed by atoms with Gasteiger partial charge in [0.1, 0.15) is 5.69 Å². The van der Waals surface area contributed by atoms with Crippen molar-refractivity contribution in [3.05, 3.63) is 77.6 Å². The molecule has 0 radical (unpaired) electrons. The summed E-state index contributed by atoms with van der Waals surface area (Å²) in [5.41, 5.74) is 2.60. The highest BCUT2D eigenvalue weighted by Gasteiger charge is 2.57. The maximum absolute atomic E-state index is 14.1. The van der Waals surface area contributed by atoms with Gasteiger partial charge in [-0.05, 0) is 55.7 Å². The summed E-state index contributed by atoms with van der Waals surface area (Å²) in [6.07, 6.45) is -3.25. The molecule has 3 aromatic rings.